The summed E-state index contributed by atoms with van der Waals surface area (Å²) in [6, 6.07) is 27.3. The van der Waals surface area contributed by atoms with Gasteiger partial charge in [-0.05, 0) is 43.2 Å². The quantitative estimate of drug-likeness (QED) is 0.658. The van der Waals surface area contributed by atoms with Crippen molar-refractivity contribution in [2.75, 3.05) is 16.8 Å². The summed E-state index contributed by atoms with van der Waals surface area (Å²) in [7, 11) is 0. The topological polar surface area (TPSA) is 41.6 Å². The molecule has 1 aliphatic rings. The molecule has 27 heavy (non-hydrogen) atoms. The normalized spacial score (nSPS) is 16.1. The minimum absolute atomic E-state index is 0.0712. The van der Waals surface area contributed by atoms with Crippen LogP contribution in [0.3, 0.4) is 0 Å². The summed E-state index contributed by atoms with van der Waals surface area (Å²) < 4.78 is 6.25. The van der Waals surface area contributed by atoms with E-state index in [1.807, 2.05) is 83.8 Å². The first-order valence-corrected chi connectivity index (χ1v) is 9.25. The lowest BCUT2D eigenvalue weighted by Crippen LogP contribution is -2.35. The van der Waals surface area contributed by atoms with Gasteiger partial charge in [0.1, 0.15) is 11.9 Å². The number of nitrogens with zero attached hydrogens (tertiary/aromatic N) is 1. The first-order valence-electron chi connectivity index (χ1n) is 9.25. The Bertz CT molecular complexity index is 897. The zero-order valence-corrected chi connectivity index (χ0v) is 15.0. The SMILES string of the molecule is O=C(Nc1ccccc1)N1CCCC(Oc2ccccc2)c2ccccc21. The van der Waals surface area contributed by atoms with Crippen molar-refractivity contribution in [2.45, 2.75) is 18.9 Å². The van der Waals surface area contributed by atoms with Gasteiger partial charge < -0.3 is 10.1 Å². The standard InChI is InChI=1S/C23H22N2O2/c26-23(24-18-10-3-1-4-11-18)25-17-9-16-22(20-14-7-8-15-21(20)25)27-19-12-5-2-6-13-19/h1-8,10-15,22H,9,16-17H2,(H,24,26). The fourth-order valence-corrected chi connectivity index (χ4v) is 3.43. The van der Waals surface area contributed by atoms with Crippen LogP contribution in [0.2, 0.25) is 0 Å². The van der Waals surface area contributed by atoms with Gasteiger partial charge in [0, 0.05) is 17.8 Å². The molecule has 1 atom stereocenters. The molecule has 1 unspecified atom stereocenters. The molecule has 0 aliphatic carbocycles. The van der Waals surface area contributed by atoms with Gasteiger partial charge in [0.25, 0.3) is 0 Å². The molecule has 136 valence electrons. The van der Waals surface area contributed by atoms with Crippen molar-refractivity contribution in [1.82, 2.24) is 0 Å². The molecule has 0 saturated heterocycles. The van der Waals surface area contributed by atoms with Gasteiger partial charge in [0.15, 0.2) is 0 Å². The van der Waals surface area contributed by atoms with E-state index in [0.29, 0.717) is 6.54 Å². The second-order valence-corrected chi connectivity index (χ2v) is 6.57. The molecule has 0 aromatic heterocycles. The molecule has 0 bridgehead atoms. The summed E-state index contributed by atoms with van der Waals surface area (Å²) in [6.07, 6.45) is 1.66. The number of rotatable bonds is 3. The van der Waals surface area contributed by atoms with E-state index in [0.717, 1.165) is 35.5 Å². The van der Waals surface area contributed by atoms with Crippen LogP contribution < -0.4 is 15.0 Å². The molecule has 0 radical (unpaired) electrons. The van der Waals surface area contributed by atoms with Crippen LogP contribution >= 0.6 is 0 Å². The maximum atomic E-state index is 12.9. The number of hydrogen-bond acceptors (Lipinski definition) is 2. The molecule has 0 spiro atoms. The zero-order valence-electron chi connectivity index (χ0n) is 15.0. The van der Waals surface area contributed by atoms with Crippen molar-refractivity contribution in [2.24, 2.45) is 0 Å². The summed E-state index contributed by atoms with van der Waals surface area (Å²) in [4.78, 5) is 14.7. The zero-order chi connectivity index (χ0) is 18.5. The number of para-hydroxylation sites is 3. The molecule has 3 aromatic carbocycles. The van der Waals surface area contributed by atoms with E-state index in [1.165, 1.54) is 0 Å². The van der Waals surface area contributed by atoms with Crippen molar-refractivity contribution in [1.29, 1.82) is 0 Å². The van der Waals surface area contributed by atoms with Gasteiger partial charge in [0.2, 0.25) is 0 Å². The summed E-state index contributed by atoms with van der Waals surface area (Å²) >= 11 is 0. The van der Waals surface area contributed by atoms with Crippen molar-refractivity contribution >= 4 is 17.4 Å². The van der Waals surface area contributed by atoms with E-state index in [2.05, 4.69) is 11.4 Å². The monoisotopic (exact) mass is 358 g/mol. The number of benzene rings is 3. The van der Waals surface area contributed by atoms with Gasteiger partial charge in [-0.25, -0.2) is 4.79 Å². The number of carbonyl (C=O) groups is 1. The van der Waals surface area contributed by atoms with Crippen molar-refractivity contribution < 1.29 is 9.53 Å². The van der Waals surface area contributed by atoms with E-state index in [1.54, 1.807) is 0 Å². The molecule has 1 heterocycles. The Balaban J connectivity index is 1.60. The van der Waals surface area contributed by atoms with Crippen molar-refractivity contribution in [3.63, 3.8) is 0 Å². The highest BCUT2D eigenvalue weighted by Gasteiger charge is 2.27. The third-order valence-corrected chi connectivity index (χ3v) is 4.71. The lowest BCUT2D eigenvalue weighted by Gasteiger charge is -2.24. The summed E-state index contributed by atoms with van der Waals surface area (Å²) in [6.45, 7) is 0.657. The van der Waals surface area contributed by atoms with Gasteiger partial charge in [0.05, 0.1) is 5.69 Å². The molecular formula is C23H22N2O2. The number of fused-ring (bicyclic) bond motifs is 1. The molecule has 3 aromatic rings. The molecule has 4 nitrogen and oxygen atoms in total. The highest BCUT2D eigenvalue weighted by Crippen LogP contribution is 2.36. The van der Waals surface area contributed by atoms with Gasteiger partial charge in [-0.15, -0.1) is 0 Å². The van der Waals surface area contributed by atoms with Crippen LogP contribution in [0.5, 0.6) is 5.75 Å². The van der Waals surface area contributed by atoms with E-state index < -0.39 is 0 Å². The van der Waals surface area contributed by atoms with Crippen LogP contribution in [0.25, 0.3) is 0 Å². The number of nitrogens with one attached hydrogen (secondary N) is 1. The smallest absolute Gasteiger partial charge is 0.326 e. The lowest BCUT2D eigenvalue weighted by molar-refractivity contribution is 0.196. The third kappa shape index (κ3) is 3.95. The van der Waals surface area contributed by atoms with E-state index in [-0.39, 0.29) is 12.1 Å². The van der Waals surface area contributed by atoms with Crippen LogP contribution in [0.15, 0.2) is 84.9 Å². The fraction of sp³-hybridized carbons (Fsp3) is 0.174. The Kier molecular flexibility index (Phi) is 5.06. The second kappa shape index (κ2) is 7.96. The summed E-state index contributed by atoms with van der Waals surface area (Å²) in [5, 5.41) is 2.99. The van der Waals surface area contributed by atoms with Gasteiger partial charge in [-0.3, -0.25) is 4.90 Å². The highest BCUT2D eigenvalue weighted by molar-refractivity contribution is 6.02. The minimum atomic E-state index is -0.117. The van der Waals surface area contributed by atoms with Gasteiger partial charge >= 0.3 is 6.03 Å². The summed E-state index contributed by atoms with van der Waals surface area (Å²) in [5.74, 6) is 0.847. The Morgan fingerprint density at radius 3 is 2.33 bits per heavy atom. The lowest BCUT2D eigenvalue weighted by atomic mass is 10.0. The van der Waals surface area contributed by atoms with Crippen LogP contribution in [-0.4, -0.2) is 12.6 Å². The van der Waals surface area contributed by atoms with E-state index >= 15 is 0 Å². The largest absolute Gasteiger partial charge is 0.486 e. The Hall–Kier alpha value is -3.27. The molecule has 0 saturated carbocycles. The van der Waals surface area contributed by atoms with E-state index in [4.69, 9.17) is 4.74 Å². The van der Waals surface area contributed by atoms with Crippen molar-refractivity contribution in [3.05, 3.63) is 90.5 Å². The average molecular weight is 358 g/mol. The first-order chi connectivity index (χ1) is 13.3. The highest BCUT2D eigenvalue weighted by atomic mass is 16.5. The predicted octanol–water partition coefficient (Wildman–Crippen LogP) is 5.64. The fourth-order valence-electron chi connectivity index (χ4n) is 3.43. The predicted molar refractivity (Wildman–Crippen MR) is 108 cm³/mol. The number of ether oxygens (including phenoxy) is 1. The molecular weight excluding hydrogens is 336 g/mol. The number of hydrogen-bond donors (Lipinski definition) is 1. The van der Waals surface area contributed by atoms with E-state index in [9.17, 15) is 4.79 Å². The first kappa shape index (κ1) is 17.2. The second-order valence-electron chi connectivity index (χ2n) is 6.57. The average Bonchev–Trinajstić information content (AvgIpc) is 2.89. The Morgan fingerprint density at radius 1 is 0.889 bits per heavy atom. The molecule has 4 heteroatoms. The molecule has 1 N–H and O–H groups in total. The molecule has 4 rings (SSSR count). The number of anilines is 2. The number of carbonyl (C=O) groups excluding carboxylic acids is 1. The van der Waals surface area contributed by atoms with Gasteiger partial charge in [-0.2, -0.15) is 0 Å². The van der Waals surface area contributed by atoms with Crippen LogP contribution in [0.1, 0.15) is 24.5 Å². The summed E-state index contributed by atoms with van der Waals surface area (Å²) in [5.41, 5.74) is 2.74. The third-order valence-electron chi connectivity index (χ3n) is 4.71. The van der Waals surface area contributed by atoms with Crippen LogP contribution in [-0.2, 0) is 0 Å². The van der Waals surface area contributed by atoms with Crippen LogP contribution in [0.4, 0.5) is 16.2 Å². The maximum Gasteiger partial charge on any atom is 0.326 e. The molecule has 2 amide bonds. The Labute approximate surface area is 159 Å². The van der Waals surface area contributed by atoms with Crippen molar-refractivity contribution in [3.8, 4) is 5.75 Å². The molecule has 0 fully saturated rings. The number of amides is 2. The van der Waals surface area contributed by atoms with Gasteiger partial charge in [-0.1, -0.05) is 54.6 Å². The van der Waals surface area contributed by atoms with Crippen LogP contribution in [0, 0.1) is 0 Å². The molecule has 1 aliphatic heterocycles. The minimum Gasteiger partial charge on any atom is -0.486 e. The maximum absolute atomic E-state index is 12.9. The number of urea groups is 1. The Morgan fingerprint density at radius 2 is 1.56 bits per heavy atom.